The number of hydrogen-bond donors (Lipinski definition) is 1. The number of rotatable bonds is 7. The quantitative estimate of drug-likeness (QED) is 0.426. The van der Waals surface area contributed by atoms with E-state index in [1.807, 2.05) is 54.6 Å². The molecule has 0 aliphatic carbocycles. The van der Waals surface area contributed by atoms with Crippen molar-refractivity contribution in [3.8, 4) is 17.2 Å². The van der Waals surface area contributed by atoms with Crippen molar-refractivity contribution in [3.05, 3.63) is 85.1 Å². The molecule has 1 amide bonds. The number of aromatic nitrogens is 1. The SMILES string of the molecule is CN(C)CCn1ccc2cc(NC(=O)Oc3ccc(Oc4ccccc4)cc3)ccc21. The highest BCUT2D eigenvalue weighted by molar-refractivity contribution is 5.91. The third-order valence-corrected chi connectivity index (χ3v) is 4.82. The molecule has 0 spiro atoms. The number of carbonyl (C=O) groups is 1. The van der Waals surface area contributed by atoms with Gasteiger partial charge in [0.05, 0.1) is 0 Å². The van der Waals surface area contributed by atoms with Crippen LogP contribution < -0.4 is 14.8 Å². The first kappa shape index (κ1) is 20.5. The second-order valence-corrected chi connectivity index (χ2v) is 7.49. The fourth-order valence-electron chi connectivity index (χ4n) is 3.23. The van der Waals surface area contributed by atoms with Gasteiger partial charge in [-0.2, -0.15) is 0 Å². The van der Waals surface area contributed by atoms with Crippen LogP contribution in [0.3, 0.4) is 0 Å². The normalized spacial score (nSPS) is 10.9. The van der Waals surface area contributed by atoms with Crippen molar-refractivity contribution < 1.29 is 14.3 Å². The van der Waals surface area contributed by atoms with Crippen LogP contribution >= 0.6 is 0 Å². The zero-order valence-corrected chi connectivity index (χ0v) is 17.6. The predicted octanol–water partition coefficient (Wildman–Crippen LogP) is 5.61. The summed E-state index contributed by atoms with van der Waals surface area (Å²) < 4.78 is 13.3. The molecule has 0 saturated carbocycles. The van der Waals surface area contributed by atoms with Crippen LogP contribution in [0.15, 0.2) is 85.1 Å². The van der Waals surface area contributed by atoms with Gasteiger partial charge in [0.1, 0.15) is 17.2 Å². The fourth-order valence-corrected chi connectivity index (χ4v) is 3.23. The van der Waals surface area contributed by atoms with Gasteiger partial charge in [0.2, 0.25) is 0 Å². The molecule has 6 nitrogen and oxygen atoms in total. The van der Waals surface area contributed by atoms with E-state index < -0.39 is 6.09 Å². The van der Waals surface area contributed by atoms with Crippen LogP contribution in [0, 0.1) is 0 Å². The van der Waals surface area contributed by atoms with Gasteiger partial charge in [-0.05, 0) is 74.8 Å². The smallest absolute Gasteiger partial charge is 0.417 e. The van der Waals surface area contributed by atoms with Crippen molar-refractivity contribution >= 4 is 22.7 Å². The van der Waals surface area contributed by atoms with E-state index in [0.717, 1.165) is 29.7 Å². The minimum atomic E-state index is -0.539. The molecule has 1 aromatic heterocycles. The van der Waals surface area contributed by atoms with Crippen molar-refractivity contribution in [2.75, 3.05) is 26.0 Å². The predicted molar refractivity (Wildman–Crippen MR) is 123 cm³/mol. The highest BCUT2D eigenvalue weighted by Crippen LogP contribution is 2.24. The van der Waals surface area contributed by atoms with Gasteiger partial charge in [-0.15, -0.1) is 0 Å². The van der Waals surface area contributed by atoms with Gasteiger partial charge in [-0.25, -0.2) is 4.79 Å². The minimum Gasteiger partial charge on any atom is -0.457 e. The molecule has 0 aliphatic heterocycles. The lowest BCUT2D eigenvalue weighted by atomic mass is 10.2. The number of para-hydroxylation sites is 1. The van der Waals surface area contributed by atoms with E-state index in [1.54, 1.807) is 24.3 Å². The van der Waals surface area contributed by atoms with E-state index >= 15 is 0 Å². The van der Waals surface area contributed by atoms with E-state index in [2.05, 4.69) is 35.1 Å². The van der Waals surface area contributed by atoms with E-state index in [9.17, 15) is 4.79 Å². The molecule has 0 fully saturated rings. The lowest BCUT2D eigenvalue weighted by molar-refractivity contribution is 0.215. The number of nitrogens with zero attached hydrogens (tertiary/aromatic N) is 2. The Morgan fingerprint density at radius 1 is 0.903 bits per heavy atom. The number of benzene rings is 3. The van der Waals surface area contributed by atoms with Gasteiger partial charge < -0.3 is 18.9 Å². The Morgan fingerprint density at radius 2 is 1.61 bits per heavy atom. The van der Waals surface area contributed by atoms with Crippen LogP contribution in [-0.2, 0) is 6.54 Å². The molecule has 0 radical (unpaired) electrons. The van der Waals surface area contributed by atoms with Crippen molar-refractivity contribution in [1.82, 2.24) is 9.47 Å². The molecule has 0 saturated heterocycles. The van der Waals surface area contributed by atoms with Gasteiger partial charge in [-0.1, -0.05) is 18.2 Å². The Labute approximate surface area is 181 Å². The van der Waals surface area contributed by atoms with Crippen LogP contribution in [-0.4, -0.2) is 36.2 Å². The summed E-state index contributed by atoms with van der Waals surface area (Å²) in [7, 11) is 4.12. The van der Waals surface area contributed by atoms with E-state index in [4.69, 9.17) is 9.47 Å². The van der Waals surface area contributed by atoms with Gasteiger partial charge in [0.15, 0.2) is 0 Å². The van der Waals surface area contributed by atoms with Crippen LogP contribution in [0.1, 0.15) is 0 Å². The number of likely N-dealkylation sites (N-methyl/N-ethyl adjacent to an activating group) is 1. The Balaban J connectivity index is 1.35. The first-order valence-corrected chi connectivity index (χ1v) is 10.1. The summed E-state index contributed by atoms with van der Waals surface area (Å²) in [4.78, 5) is 14.5. The third kappa shape index (κ3) is 5.43. The highest BCUT2D eigenvalue weighted by atomic mass is 16.6. The zero-order chi connectivity index (χ0) is 21.6. The topological polar surface area (TPSA) is 55.7 Å². The molecule has 6 heteroatoms. The summed E-state index contributed by atoms with van der Waals surface area (Å²) in [6.45, 7) is 1.88. The fraction of sp³-hybridized carbons (Fsp3) is 0.160. The number of ether oxygens (including phenoxy) is 2. The Morgan fingerprint density at radius 3 is 2.35 bits per heavy atom. The summed E-state index contributed by atoms with van der Waals surface area (Å²) in [5.74, 6) is 1.86. The maximum absolute atomic E-state index is 12.3. The zero-order valence-electron chi connectivity index (χ0n) is 17.6. The largest absolute Gasteiger partial charge is 0.457 e. The molecule has 3 aromatic carbocycles. The van der Waals surface area contributed by atoms with E-state index in [-0.39, 0.29) is 0 Å². The maximum Gasteiger partial charge on any atom is 0.417 e. The Kier molecular flexibility index (Phi) is 6.19. The van der Waals surface area contributed by atoms with E-state index in [1.165, 1.54) is 0 Å². The molecule has 0 atom stereocenters. The second-order valence-electron chi connectivity index (χ2n) is 7.49. The van der Waals surface area contributed by atoms with Crippen molar-refractivity contribution in [2.45, 2.75) is 6.54 Å². The molecule has 1 heterocycles. The first-order valence-electron chi connectivity index (χ1n) is 10.1. The summed E-state index contributed by atoms with van der Waals surface area (Å²) in [5.41, 5.74) is 1.82. The van der Waals surface area contributed by atoms with Crippen LogP contribution in [0.2, 0.25) is 0 Å². The minimum absolute atomic E-state index is 0.439. The van der Waals surface area contributed by atoms with Crippen molar-refractivity contribution in [3.63, 3.8) is 0 Å². The van der Waals surface area contributed by atoms with Gasteiger partial charge in [0, 0.05) is 35.9 Å². The van der Waals surface area contributed by atoms with Crippen LogP contribution in [0.4, 0.5) is 10.5 Å². The summed E-state index contributed by atoms with van der Waals surface area (Å²) in [6, 6.07) is 24.3. The van der Waals surface area contributed by atoms with Gasteiger partial charge >= 0.3 is 6.09 Å². The van der Waals surface area contributed by atoms with Gasteiger partial charge in [-0.3, -0.25) is 5.32 Å². The Bertz CT molecular complexity index is 1150. The molecule has 0 unspecified atom stereocenters. The lowest BCUT2D eigenvalue weighted by Gasteiger charge is -2.11. The molecule has 31 heavy (non-hydrogen) atoms. The highest BCUT2D eigenvalue weighted by Gasteiger charge is 2.08. The molecule has 1 N–H and O–H groups in total. The number of nitrogens with one attached hydrogen (secondary N) is 1. The van der Waals surface area contributed by atoms with Crippen molar-refractivity contribution in [2.24, 2.45) is 0 Å². The maximum atomic E-state index is 12.3. The molecule has 0 aliphatic rings. The number of amides is 1. The van der Waals surface area contributed by atoms with E-state index in [0.29, 0.717) is 17.2 Å². The average molecular weight is 415 g/mol. The molecule has 158 valence electrons. The Hall–Kier alpha value is -3.77. The number of carbonyl (C=O) groups excluding carboxylic acids is 1. The number of fused-ring (bicyclic) bond motifs is 1. The molecule has 0 bridgehead atoms. The lowest BCUT2D eigenvalue weighted by Crippen LogP contribution is -2.18. The van der Waals surface area contributed by atoms with Crippen LogP contribution in [0.25, 0.3) is 10.9 Å². The average Bonchev–Trinajstić information content (AvgIpc) is 3.16. The number of anilines is 1. The monoisotopic (exact) mass is 415 g/mol. The van der Waals surface area contributed by atoms with Crippen LogP contribution in [0.5, 0.6) is 17.2 Å². The first-order chi connectivity index (χ1) is 15.1. The standard InChI is InChI=1S/C25H25N3O3/c1-27(2)16-17-28-15-14-19-18-20(8-13-24(19)28)26-25(29)31-23-11-9-22(10-12-23)30-21-6-4-3-5-7-21/h3-15,18H,16-17H2,1-2H3,(H,26,29). The molecular weight excluding hydrogens is 390 g/mol. The molecule has 4 aromatic rings. The van der Waals surface area contributed by atoms with Gasteiger partial charge in [0.25, 0.3) is 0 Å². The third-order valence-electron chi connectivity index (χ3n) is 4.82. The molecular formula is C25H25N3O3. The second kappa shape index (κ2) is 9.36. The number of hydrogen-bond acceptors (Lipinski definition) is 4. The summed E-state index contributed by atoms with van der Waals surface area (Å²) >= 11 is 0. The summed E-state index contributed by atoms with van der Waals surface area (Å²) in [5, 5.41) is 3.86. The van der Waals surface area contributed by atoms with Crippen molar-refractivity contribution in [1.29, 1.82) is 0 Å². The molecule has 4 rings (SSSR count). The summed E-state index contributed by atoms with van der Waals surface area (Å²) in [6.07, 6.45) is 1.53.